The number of ether oxygens (including phenoxy) is 1. The Labute approximate surface area is 340 Å². The number of fused-ring (bicyclic) bond motifs is 4. The van der Waals surface area contributed by atoms with Gasteiger partial charge in [0.2, 0.25) is 0 Å². The van der Waals surface area contributed by atoms with E-state index < -0.39 is 16.1 Å². The summed E-state index contributed by atoms with van der Waals surface area (Å²) in [5.74, 6) is 0.693. The van der Waals surface area contributed by atoms with Crippen LogP contribution >= 0.6 is 11.3 Å². The van der Waals surface area contributed by atoms with Gasteiger partial charge < -0.3 is 15.0 Å². The van der Waals surface area contributed by atoms with Crippen LogP contribution in [0.25, 0.3) is 27.0 Å². The number of aryl methyl sites for hydroxylation is 4. The number of H-pyrrole nitrogens is 1. The van der Waals surface area contributed by atoms with Crippen LogP contribution in [0.2, 0.25) is 0 Å². The number of hydrogen-bond donors (Lipinski definition) is 3. The van der Waals surface area contributed by atoms with Crippen LogP contribution < -0.4 is 10.0 Å². The van der Waals surface area contributed by atoms with Gasteiger partial charge in [-0.05, 0) is 98.3 Å². The summed E-state index contributed by atoms with van der Waals surface area (Å²) < 4.78 is 36.3. The first kappa shape index (κ1) is 38.5. The maximum Gasteiger partial charge on any atom is 0.308 e. The molecule has 0 spiro atoms. The van der Waals surface area contributed by atoms with E-state index in [0.29, 0.717) is 17.1 Å². The molecule has 0 fully saturated rings. The standard InChI is InChI=1S/C44H41N7O5S2/c1-24-7-20-35(41-38(24)25(2)22-45-41)50-58(54,55)34-18-8-29(9-19-34)23-46-43(53)33-16-12-31(13-17-33)30-10-14-32(15-11-30)40-39-26(3)27(4)57-44(39)51-28(5)48-49-42(51)36(47-40)21-37(52)56-6/h7-20,22,36,45,50H,21,23H2,1-6H3,(H,46,53)/t36-/m0/s1. The SMILES string of the molecule is COC(=O)C[C@@H]1N=C(c2ccc(-c3ccc(C(=O)NCc4ccc(S(=O)(=O)Nc5ccc(C)c6c(C)c[nH]c56)cc4)cc3)cc2)c2c(sc(C)c2C)-n2c(C)nnc21. The van der Waals surface area contributed by atoms with Crippen molar-refractivity contribution in [2.45, 2.75) is 58.5 Å². The number of rotatable bonds is 10. The number of hydrogen-bond acceptors (Lipinski definition) is 9. The number of nitrogens with zero attached hydrogens (tertiary/aromatic N) is 4. The smallest absolute Gasteiger partial charge is 0.308 e. The van der Waals surface area contributed by atoms with Gasteiger partial charge in [0.05, 0.1) is 35.3 Å². The number of carbonyl (C=O) groups excluding carboxylic acids is 2. The molecule has 0 radical (unpaired) electrons. The Hall–Kier alpha value is -6.38. The molecule has 7 aromatic rings. The Bertz CT molecular complexity index is 2870. The van der Waals surface area contributed by atoms with Crippen LogP contribution in [0.3, 0.4) is 0 Å². The van der Waals surface area contributed by atoms with Crippen molar-refractivity contribution < 1.29 is 22.7 Å². The maximum atomic E-state index is 13.3. The fourth-order valence-corrected chi connectivity index (χ4v) is 9.66. The summed E-state index contributed by atoms with van der Waals surface area (Å²) >= 11 is 1.65. The van der Waals surface area contributed by atoms with Crippen LogP contribution in [-0.2, 0) is 26.1 Å². The zero-order valence-corrected chi connectivity index (χ0v) is 34.4. The second-order valence-corrected chi connectivity index (χ2v) is 17.3. The first-order valence-corrected chi connectivity index (χ1v) is 21.0. The van der Waals surface area contributed by atoms with Crippen molar-refractivity contribution in [2.24, 2.45) is 4.99 Å². The highest BCUT2D eigenvalue weighted by Gasteiger charge is 2.32. The van der Waals surface area contributed by atoms with Crippen LogP contribution in [0.5, 0.6) is 0 Å². The summed E-state index contributed by atoms with van der Waals surface area (Å²) in [6.07, 6.45) is 1.90. The Morgan fingerprint density at radius 1 is 0.845 bits per heavy atom. The Morgan fingerprint density at radius 3 is 2.21 bits per heavy atom. The quantitative estimate of drug-likeness (QED) is 0.117. The molecular formula is C44H41N7O5S2. The predicted octanol–water partition coefficient (Wildman–Crippen LogP) is 8.21. The number of methoxy groups -OCH3 is 1. The van der Waals surface area contributed by atoms with E-state index in [-0.39, 0.29) is 29.7 Å². The molecule has 58 heavy (non-hydrogen) atoms. The lowest BCUT2D eigenvalue weighted by Crippen LogP contribution is -2.22. The number of aromatic nitrogens is 4. The van der Waals surface area contributed by atoms with Gasteiger partial charge in [0.25, 0.3) is 15.9 Å². The summed E-state index contributed by atoms with van der Waals surface area (Å²) in [6.45, 7) is 10.3. The fraction of sp³-hybridized carbons (Fsp3) is 0.205. The van der Waals surface area contributed by atoms with Gasteiger partial charge in [-0.25, -0.2) is 8.42 Å². The Balaban J connectivity index is 0.947. The van der Waals surface area contributed by atoms with Gasteiger partial charge in [-0.15, -0.1) is 21.5 Å². The second kappa shape index (κ2) is 15.2. The summed E-state index contributed by atoms with van der Waals surface area (Å²) in [6, 6.07) is 25.0. The van der Waals surface area contributed by atoms with Gasteiger partial charge in [-0.2, -0.15) is 0 Å². The van der Waals surface area contributed by atoms with Crippen molar-refractivity contribution in [3.63, 3.8) is 0 Å². The van der Waals surface area contributed by atoms with Gasteiger partial charge in [0.15, 0.2) is 5.82 Å². The fourth-order valence-electron chi connectivity index (χ4n) is 7.38. The van der Waals surface area contributed by atoms with Gasteiger partial charge in [-0.3, -0.25) is 23.9 Å². The lowest BCUT2D eigenvalue weighted by molar-refractivity contribution is -0.141. The second-order valence-electron chi connectivity index (χ2n) is 14.4. The van der Waals surface area contributed by atoms with Crippen molar-refractivity contribution in [3.05, 3.63) is 147 Å². The van der Waals surface area contributed by atoms with Crippen molar-refractivity contribution >= 4 is 55.5 Å². The van der Waals surface area contributed by atoms with Gasteiger partial charge >= 0.3 is 5.97 Å². The average Bonchev–Trinajstić information content (AvgIpc) is 3.87. The van der Waals surface area contributed by atoms with E-state index in [0.717, 1.165) is 76.8 Å². The molecule has 1 aliphatic rings. The summed E-state index contributed by atoms with van der Waals surface area (Å²) in [7, 11) is -2.48. The third-order valence-corrected chi connectivity index (χ3v) is 13.2. The zero-order valence-electron chi connectivity index (χ0n) is 32.8. The van der Waals surface area contributed by atoms with E-state index in [1.54, 1.807) is 41.7 Å². The van der Waals surface area contributed by atoms with Crippen LogP contribution in [0.4, 0.5) is 5.69 Å². The molecule has 4 heterocycles. The molecular weight excluding hydrogens is 771 g/mol. The largest absolute Gasteiger partial charge is 0.469 e. The van der Waals surface area contributed by atoms with Crippen LogP contribution in [0.1, 0.15) is 72.7 Å². The molecule has 0 aliphatic carbocycles. The molecule has 0 bridgehead atoms. The number of aliphatic imine (C=N–C) groups is 1. The Kier molecular flexibility index (Phi) is 10.1. The van der Waals surface area contributed by atoms with E-state index >= 15 is 0 Å². The number of sulfonamides is 1. The van der Waals surface area contributed by atoms with E-state index in [2.05, 4.69) is 39.1 Å². The summed E-state index contributed by atoms with van der Waals surface area (Å²) in [5, 5.41) is 13.7. The molecule has 8 rings (SSSR count). The van der Waals surface area contributed by atoms with E-state index in [4.69, 9.17) is 9.73 Å². The first-order valence-electron chi connectivity index (χ1n) is 18.7. The minimum Gasteiger partial charge on any atom is -0.469 e. The predicted molar refractivity (Wildman–Crippen MR) is 227 cm³/mol. The zero-order chi connectivity index (χ0) is 40.9. The van der Waals surface area contributed by atoms with Gasteiger partial charge in [0.1, 0.15) is 16.9 Å². The molecule has 0 saturated carbocycles. The number of nitrogens with one attached hydrogen (secondary N) is 3. The van der Waals surface area contributed by atoms with Crippen molar-refractivity contribution in [1.29, 1.82) is 0 Å². The number of benzene rings is 4. The highest BCUT2D eigenvalue weighted by atomic mass is 32.2. The third kappa shape index (κ3) is 7.09. The van der Waals surface area contributed by atoms with Crippen molar-refractivity contribution in [2.75, 3.05) is 11.8 Å². The Morgan fingerprint density at radius 2 is 1.52 bits per heavy atom. The molecule has 1 amide bonds. The number of aromatic amines is 1. The number of carbonyl (C=O) groups is 2. The normalized spacial score (nSPS) is 13.7. The molecule has 12 nitrogen and oxygen atoms in total. The van der Waals surface area contributed by atoms with Crippen LogP contribution in [0, 0.1) is 34.6 Å². The molecule has 1 atom stereocenters. The van der Waals surface area contributed by atoms with E-state index in [1.165, 1.54) is 19.2 Å². The summed E-state index contributed by atoms with van der Waals surface area (Å²) in [4.78, 5) is 35.2. The minimum absolute atomic E-state index is 0.0318. The van der Waals surface area contributed by atoms with E-state index in [9.17, 15) is 18.0 Å². The van der Waals surface area contributed by atoms with Gasteiger partial charge in [0, 0.05) is 39.7 Å². The maximum absolute atomic E-state index is 13.3. The average molecular weight is 812 g/mol. The lowest BCUT2D eigenvalue weighted by Gasteiger charge is -2.12. The highest BCUT2D eigenvalue weighted by Crippen LogP contribution is 2.40. The topological polar surface area (TPSA) is 160 Å². The first-order chi connectivity index (χ1) is 27.8. The monoisotopic (exact) mass is 811 g/mol. The van der Waals surface area contributed by atoms with Crippen LogP contribution in [0.15, 0.2) is 101 Å². The van der Waals surface area contributed by atoms with Crippen LogP contribution in [-0.4, -0.2) is 52.9 Å². The highest BCUT2D eigenvalue weighted by molar-refractivity contribution is 7.92. The van der Waals surface area contributed by atoms with Crippen molar-refractivity contribution in [3.8, 4) is 16.1 Å². The minimum atomic E-state index is -3.85. The molecule has 1 aliphatic heterocycles. The molecule has 294 valence electrons. The number of thiophene rings is 1. The molecule has 3 N–H and O–H groups in total. The third-order valence-electron chi connectivity index (χ3n) is 10.6. The number of anilines is 1. The van der Waals surface area contributed by atoms with Gasteiger partial charge in [-0.1, -0.05) is 54.6 Å². The number of esters is 1. The molecule has 4 aromatic carbocycles. The van der Waals surface area contributed by atoms with Crippen molar-refractivity contribution in [1.82, 2.24) is 25.1 Å². The summed E-state index contributed by atoms with van der Waals surface area (Å²) in [5.41, 5.74) is 10.3. The molecule has 0 unspecified atom stereocenters. The molecule has 14 heteroatoms. The van der Waals surface area contributed by atoms with E-state index in [1.807, 2.05) is 74.0 Å². The molecule has 3 aromatic heterocycles. The molecule has 0 saturated heterocycles. The number of amides is 1. The lowest BCUT2D eigenvalue weighted by atomic mass is 9.96.